The molecule has 6 nitrogen and oxygen atoms in total. The highest BCUT2D eigenvalue weighted by Crippen LogP contribution is 2.30. The Bertz CT molecular complexity index is 769. The number of alkyl halides is 3. The van der Waals surface area contributed by atoms with Crippen LogP contribution in [0.25, 0.3) is 11.3 Å². The average molecular weight is 368 g/mol. The third kappa shape index (κ3) is 4.14. The predicted octanol–water partition coefficient (Wildman–Crippen LogP) is 4.01. The molecule has 1 fully saturated rings. The van der Waals surface area contributed by atoms with E-state index in [2.05, 4.69) is 15.5 Å². The number of carbonyl (C=O) groups excluding carboxylic acids is 1. The van der Waals surface area contributed by atoms with Crippen molar-refractivity contribution in [2.45, 2.75) is 38.4 Å². The van der Waals surface area contributed by atoms with Crippen molar-refractivity contribution >= 4 is 6.03 Å². The molecule has 9 heteroatoms. The zero-order valence-electron chi connectivity index (χ0n) is 14.2. The number of hydrogen-bond donors (Lipinski definition) is 1. The molecule has 0 saturated carbocycles. The number of aromatic nitrogens is 2. The number of nitrogens with zero attached hydrogens (tertiary/aromatic N) is 3. The van der Waals surface area contributed by atoms with E-state index >= 15 is 0 Å². The number of piperidine rings is 1. The van der Waals surface area contributed by atoms with Gasteiger partial charge in [-0.05, 0) is 38.3 Å². The number of carbonyl (C=O) groups is 1. The van der Waals surface area contributed by atoms with Crippen LogP contribution in [-0.2, 0) is 6.18 Å². The van der Waals surface area contributed by atoms with Gasteiger partial charge in [-0.25, -0.2) is 4.79 Å². The van der Waals surface area contributed by atoms with E-state index in [0.717, 1.165) is 44.6 Å². The first-order valence-electron chi connectivity index (χ1n) is 8.40. The number of urea groups is 1. The zero-order chi connectivity index (χ0) is 18.7. The van der Waals surface area contributed by atoms with Crippen LogP contribution in [0.3, 0.4) is 0 Å². The summed E-state index contributed by atoms with van der Waals surface area (Å²) in [5, 5.41) is 6.64. The highest BCUT2D eigenvalue weighted by molar-refractivity contribution is 5.74. The van der Waals surface area contributed by atoms with Crippen LogP contribution in [0.5, 0.6) is 0 Å². The molecule has 3 rings (SSSR count). The first-order valence-corrected chi connectivity index (χ1v) is 8.40. The van der Waals surface area contributed by atoms with E-state index in [9.17, 15) is 18.0 Å². The van der Waals surface area contributed by atoms with E-state index in [4.69, 9.17) is 4.52 Å². The van der Waals surface area contributed by atoms with Gasteiger partial charge < -0.3 is 14.7 Å². The van der Waals surface area contributed by atoms with Gasteiger partial charge in [-0.3, -0.25) is 4.98 Å². The van der Waals surface area contributed by atoms with Crippen molar-refractivity contribution in [1.29, 1.82) is 0 Å². The lowest BCUT2D eigenvalue weighted by molar-refractivity contribution is -0.141. The summed E-state index contributed by atoms with van der Waals surface area (Å²) in [6, 6.07) is 3.23. The van der Waals surface area contributed by atoms with E-state index in [1.54, 1.807) is 11.8 Å². The molecule has 0 spiro atoms. The summed E-state index contributed by atoms with van der Waals surface area (Å²) in [7, 11) is 0. The monoisotopic (exact) mass is 368 g/mol. The molecule has 0 aliphatic carbocycles. The van der Waals surface area contributed by atoms with Crippen molar-refractivity contribution in [2.75, 3.05) is 13.1 Å². The minimum absolute atomic E-state index is 0.182. The second-order valence-corrected chi connectivity index (χ2v) is 6.26. The SMILES string of the molecule is CC(NC(=O)N1CCCCC1)c1cc(-c2ccnc(C(F)(F)F)c2)no1. The fraction of sp³-hybridized carbons (Fsp3) is 0.471. The molecule has 1 atom stereocenters. The summed E-state index contributed by atoms with van der Waals surface area (Å²) < 4.78 is 43.5. The van der Waals surface area contributed by atoms with Gasteiger partial charge in [0.15, 0.2) is 5.76 Å². The van der Waals surface area contributed by atoms with Crippen molar-refractivity contribution in [3.63, 3.8) is 0 Å². The van der Waals surface area contributed by atoms with Crippen molar-refractivity contribution in [3.05, 3.63) is 35.9 Å². The number of amides is 2. The van der Waals surface area contributed by atoms with Crippen LogP contribution >= 0.6 is 0 Å². The molecule has 1 aliphatic rings. The molecule has 2 aromatic heterocycles. The number of likely N-dealkylation sites (tertiary alicyclic amines) is 1. The van der Waals surface area contributed by atoms with E-state index < -0.39 is 17.9 Å². The highest BCUT2D eigenvalue weighted by atomic mass is 19.4. The summed E-state index contributed by atoms with van der Waals surface area (Å²) in [5.74, 6) is 0.371. The van der Waals surface area contributed by atoms with Crippen molar-refractivity contribution in [1.82, 2.24) is 20.4 Å². The Hall–Kier alpha value is -2.58. The van der Waals surface area contributed by atoms with Gasteiger partial charge in [0, 0.05) is 30.9 Å². The van der Waals surface area contributed by atoms with Gasteiger partial charge in [-0.1, -0.05) is 5.16 Å². The highest BCUT2D eigenvalue weighted by Gasteiger charge is 2.32. The van der Waals surface area contributed by atoms with Gasteiger partial charge in [0.25, 0.3) is 0 Å². The molecule has 1 saturated heterocycles. The Labute approximate surface area is 148 Å². The van der Waals surface area contributed by atoms with Gasteiger partial charge in [0.1, 0.15) is 11.4 Å². The zero-order valence-corrected chi connectivity index (χ0v) is 14.2. The predicted molar refractivity (Wildman–Crippen MR) is 87.1 cm³/mol. The van der Waals surface area contributed by atoms with Gasteiger partial charge in [-0.15, -0.1) is 0 Å². The molecular formula is C17H19F3N4O2. The first-order chi connectivity index (χ1) is 12.3. The Kier molecular flexibility index (Phi) is 5.15. The summed E-state index contributed by atoms with van der Waals surface area (Å²) in [4.78, 5) is 17.3. The molecule has 140 valence electrons. The topological polar surface area (TPSA) is 71.3 Å². The van der Waals surface area contributed by atoms with Gasteiger partial charge >= 0.3 is 12.2 Å². The van der Waals surface area contributed by atoms with E-state index in [0.29, 0.717) is 5.76 Å². The van der Waals surface area contributed by atoms with Crippen molar-refractivity contribution < 1.29 is 22.5 Å². The summed E-state index contributed by atoms with van der Waals surface area (Å²) in [6.45, 7) is 3.18. The molecular weight excluding hydrogens is 349 g/mol. The molecule has 2 amide bonds. The maximum Gasteiger partial charge on any atom is 0.433 e. The third-order valence-electron chi connectivity index (χ3n) is 4.28. The van der Waals surface area contributed by atoms with Gasteiger partial charge in [-0.2, -0.15) is 13.2 Å². The minimum Gasteiger partial charge on any atom is -0.359 e. The molecule has 2 aromatic rings. The maximum atomic E-state index is 12.8. The van der Waals surface area contributed by atoms with Crippen LogP contribution in [0.15, 0.2) is 28.9 Å². The Morgan fingerprint density at radius 3 is 2.69 bits per heavy atom. The molecule has 1 unspecified atom stereocenters. The summed E-state index contributed by atoms with van der Waals surface area (Å²) in [6.07, 6.45) is -0.362. The van der Waals surface area contributed by atoms with Crippen molar-refractivity contribution in [3.8, 4) is 11.3 Å². The van der Waals surface area contributed by atoms with Crippen LogP contribution < -0.4 is 5.32 Å². The lowest BCUT2D eigenvalue weighted by Gasteiger charge is -2.27. The van der Waals surface area contributed by atoms with Gasteiger partial charge in [0.05, 0.1) is 6.04 Å². The third-order valence-corrected chi connectivity index (χ3v) is 4.28. The number of rotatable bonds is 3. The number of hydrogen-bond acceptors (Lipinski definition) is 4. The lowest BCUT2D eigenvalue weighted by Crippen LogP contribution is -2.43. The molecule has 1 aliphatic heterocycles. The maximum absolute atomic E-state index is 12.8. The van der Waals surface area contributed by atoms with Crippen molar-refractivity contribution in [2.24, 2.45) is 0 Å². The Morgan fingerprint density at radius 1 is 1.27 bits per heavy atom. The van der Waals surface area contributed by atoms with Crippen LogP contribution in [-0.4, -0.2) is 34.2 Å². The van der Waals surface area contributed by atoms with Crippen LogP contribution in [0.2, 0.25) is 0 Å². The second kappa shape index (κ2) is 7.35. The van der Waals surface area contributed by atoms with Crippen LogP contribution in [0.4, 0.5) is 18.0 Å². The minimum atomic E-state index is -4.53. The Morgan fingerprint density at radius 2 is 2.00 bits per heavy atom. The molecule has 0 radical (unpaired) electrons. The normalized spacial score (nSPS) is 16.4. The summed E-state index contributed by atoms with van der Waals surface area (Å²) in [5.41, 5.74) is -0.491. The van der Waals surface area contributed by atoms with E-state index in [1.165, 1.54) is 12.1 Å². The van der Waals surface area contributed by atoms with Gasteiger partial charge in [0.2, 0.25) is 0 Å². The standard InChI is InChI=1S/C17H19F3N4O2/c1-11(22-16(25)24-7-3-2-4-8-24)14-10-13(23-26-14)12-5-6-21-15(9-12)17(18,19)20/h5-6,9-11H,2-4,7-8H2,1H3,(H,22,25). The summed E-state index contributed by atoms with van der Waals surface area (Å²) >= 11 is 0. The first kappa shape index (κ1) is 18.2. The fourth-order valence-corrected chi connectivity index (χ4v) is 2.82. The second-order valence-electron chi connectivity index (χ2n) is 6.26. The molecule has 0 aromatic carbocycles. The largest absolute Gasteiger partial charge is 0.433 e. The van der Waals surface area contributed by atoms with Crippen LogP contribution in [0, 0.1) is 0 Å². The number of pyridine rings is 1. The number of halogens is 3. The number of nitrogens with one attached hydrogen (secondary N) is 1. The quantitative estimate of drug-likeness (QED) is 0.889. The van der Waals surface area contributed by atoms with Crippen LogP contribution in [0.1, 0.15) is 43.7 Å². The smallest absolute Gasteiger partial charge is 0.359 e. The fourth-order valence-electron chi connectivity index (χ4n) is 2.82. The lowest BCUT2D eigenvalue weighted by atomic mass is 10.1. The Balaban J connectivity index is 1.70. The molecule has 26 heavy (non-hydrogen) atoms. The van der Waals surface area contributed by atoms with E-state index in [-0.39, 0.29) is 17.3 Å². The molecule has 3 heterocycles. The van der Waals surface area contributed by atoms with E-state index in [1.807, 2.05) is 0 Å². The molecule has 0 bridgehead atoms. The molecule has 1 N–H and O–H groups in total. The average Bonchev–Trinajstić information content (AvgIpc) is 3.12.